The van der Waals surface area contributed by atoms with Crippen molar-refractivity contribution >= 4 is 23.4 Å². The number of piperazine rings is 1. The lowest BCUT2D eigenvalue weighted by Gasteiger charge is -2.37. The number of nitrogens with zero attached hydrogens (tertiary/aromatic N) is 2. The van der Waals surface area contributed by atoms with E-state index in [0.29, 0.717) is 48.9 Å². The second kappa shape index (κ2) is 12.1. The first-order chi connectivity index (χ1) is 16.8. The van der Waals surface area contributed by atoms with Crippen LogP contribution in [0.5, 0.6) is 11.5 Å². The quantitative estimate of drug-likeness (QED) is 0.481. The van der Waals surface area contributed by atoms with E-state index >= 15 is 0 Å². The topological polar surface area (TPSA) is 112 Å². The number of nitrogens with one attached hydrogen (secondary N) is 3. The van der Waals surface area contributed by atoms with Crippen molar-refractivity contribution in [3.63, 3.8) is 0 Å². The molecule has 3 N–H and O–H groups in total. The van der Waals surface area contributed by atoms with E-state index in [9.17, 15) is 18.8 Å². The fraction of sp³-hybridized carbons (Fsp3) is 0.375. The highest BCUT2D eigenvalue weighted by Crippen LogP contribution is 2.27. The first-order valence-electron chi connectivity index (χ1n) is 11.1. The predicted octanol–water partition coefficient (Wildman–Crippen LogP) is 1.25. The number of hydrogen-bond donors (Lipinski definition) is 3. The molecular weight excluding hydrogens is 457 g/mol. The number of hydrogen-bond acceptors (Lipinski definition) is 7. The van der Waals surface area contributed by atoms with Crippen LogP contribution in [-0.4, -0.2) is 80.5 Å². The molecule has 0 saturated carbocycles. The summed E-state index contributed by atoms with van der Waals surface area (Å²) in [5, 5.41) is 2.72. The maximum atomic E-state index is 13.3. The van der Waals surface area contributed by atoms with Crippen molar-refractivity contribution < 1.29 is 28.2 Å². The van der Waals surface area contributed by atoms with Gasteiger partial charge in [0, 0.05) is 37.4 Å². The molecule has 188 valence electrons. The van der Waals surface area contributed by atoms with Gasteiger partial charge in [0.15, 0.2) is 11.5 Å². The zero-order chi connectivity index (χ0) is 25.4. The first-order valence-corrected chi connectivity index (χ1v) is 11.1. The largest absolute Gasteiger partial charge is 0.493 e. The van der Waals surface area contributed by atoms with Crippen molar-refractivity contribution in [3.8, 4) is 11.5 Å². The smallest absolute Gasteiger partial charge is 0.269 e. The lowest BCUT2D eigenvalue weighted by molar-refractivity contribution is -0.125. The average Bonchev–Trinajstić information content (AvgIpc) is 2.86. The number of amides is 3. The van der Waals surface area contributed by atoms with E-state index in [-0.39, 0.29) is 18.4 Å². The highest BCUT2D eigenvalue weighted by Gasteiger charge is 2.26. The molecule has 1 aliphatic rings. The third-order valence-corrected chi connectivity index (χ3v) is 5.75. The van der Waals surface area contributed by atoms with Crippen LogP contribution in [-0.2, 0) is 9.59 Å². The van der Waals surface area contributed by atoms with Gasteiger partial charge in [-0.2, -0.15) is 0 Å². The number of methoxy groups -OCH3 is 2. The average molecular weight is 488 g/mol. The molecule has 0 aliphatic carbocycles. The molecule has 1 atom stereocenters. The van der Waals surface area contributed by atoms with Crippen LogP contribution in [0.2, 0.25) is 0 Å². The van der Waals surface area contributed by atoms with E-state index in [2.05, 4.69) is 16.2 Å². The van der Waals surface area contributed by atoms with E-state index in [1.807, 2.05) is 9.80 Å². The molecule has 11 heteroatoms. The molecule has 35 heavy (non-hydrogen) atoms. The number of hydrazine groups is 1. The monoisotopic (exact) mass is 487 g/mol. The Labute approximate surface area is 203 Å². The number of ether oxygens (including phenoxy) is 2. The standard InChI is InChI=1S/C24H30FN5O5/c1-16(23(32)26-19-6-4-5-18(25)14-19)30-11-9-29(10-12-30)15-22(31)27-28-24(33)17-7-8-20(34-2)21(13-17)35-3/h4-8,13-14,16H,9-12,15H2,1-3H3,(H,26,32)(H,27,31)(H,28,33). The second-order valence-electron chi connectivity index (χ2n) is 8.06. The van der Waals surface area contributed by atoms with Gasteiger partial charge in [-0.1, -0.05) is 6.07 Å². The normalized spacial score (nSPS) is 15.1. The minimum atomic E-state index is -0.484. The van der Waals surface area contributed by atoms with Crippen molar-refractivity contribution in [1.29, 1.82) is 0 Å². The molecule has 2 aromatic rings. The van der Waals surface area contributed by atoms with Crippen LogP contribution in [0.25, 0.3) is 0 Å². The molecule has 1 heterocycles. The number of carbonyl (C=O) groups is 3. The van der Waals surface area contributed by atoms with E-state index in [4.69, 9.17) is 9.47 Å². The Kier molecular flexibility index (Phi) is 8.98. The van der Waals surface area contributed by atoms with Gasteiger partial charge in [-0.05, 0) is 43.3 Å². The van der Waals surface area contributed by atoms with E-state index in [1.165, 1.54) is 38.5 Å². The number of anilines is 1. The minimum absolute atomic E-state index is 0.101. The maximum Gasteiger partial charge on any atom is 0.269 e. The van der Waals surface area contributed by atoms with Gasteiger partial charge >= 0.3 is 0 Å². The summed E-state index contributed by atoms with van der Waals surface area (Å²) in [5.74, 6) is -0.579. The lowest BCUT2D eigenvalue weighted by Crippen LogP contribution is -2.55. The molecule has 1 aliphatic heterocycles. The molecule has 0 aromatic heterocycles. The Hall–Kier alpha value is -3.70. The third kappa shape index (κ3) is 7.14. The fourth-order valence-electron chi connectivity index (χ4n) is 3.71. The Balaban J connectivity index is 1.41. The SMILES string of the molecule is COc1ccc(C(=O)NNC(=O)CN2CCN(C(C)C(=O)Nc3cccc(F)c3)CC2)cc1OC. The Bertz CT molecular complexity index is 1060. The summed E-state index contributed by atoms with van der Waals surface area (Å²) >= 11 is 0. The molecule has 2 aromatic carbocycles. The summed E-state index contributed by atoms with van der Waals surface area (Å²) in [5.41, 5.74) is 5.53. The summed E-state index contributed by atoms with van der Waals surface area (Å²) in [4.78, 5) is 41.1. The van der Waals surface area contributed by atoms with Crippen molar-refractivity contribution in [2.75, 3.05) is 52.3 Å². The van der Waals surface area contributed by atoms with Crippen molar-refractivity contribution in [1.82, 2.24) is 20.7 Å². The van der Waals surface area contributed by atoms with E-state index in [0.717, 1.165) is 0 Å². The van der Waals surface area contributed by atoms with Crippen LogP contribution in [0.15, 0.2) is 42.5 Å². The minimum Gasteiger partial charge on any atom is -0.493 e. The zero-order valence-electron chi connectivity index (χ0n) is 20.0. The van der Waals surface area contributed by atoms with Gasteiger partial charge in [0.1, 0.15) is 5.82 Å². The molecule has 3 rings (SSSR count). The van der Waals surface area contributed by atoms with Crippen LogP contribution >= 0.6 is 0 Å². The number of halogens is 1. The molecule has 1 saturated heterocycles. The fourth-order valence-corrected chi connectivity index (χ4v) is 3.71. The van der Waals surface area contributed by atoms with Crippen molar-refractivity contribution in [2.45, 2.75) is 13.0 Å². The molecule has 10 nitrogen and oxygen atoms in total. The number of benzene rings is 2. The highest BCUT2D eigenvalue weighted by atomic mass is 19.1. The highest BCUT2D eigenvalue weighted by molar-refractivity contribution is 5.96. The zero-order valence-corrected chi connectivity index (χ0v) is 20.0. The summed E-state index contributed by atoms with van der Waals surface area (Å²) in [6.07, 6.45) is 0. The summed E-state index contributed by atoms with van der Waals surface area (Å²) in [6.45, 7) is 4.22. The third-order valence-electron chi connectivity index (χ3n) is 5.75. The molecule has 0 radical (unpaired) electrons. The summed E-state index contributed by atoms with van der Waals surface area (Å²) < 4.78 is 23.7. The van der Waals surface area contributed by atoms with Gasteiger partial charge in [-0.25, -0.2) is 4.39 Å². The van der Waals surface area contributed by atoms with Crippen LogP contribution in [0.3, 0.4) is 0 Å². The number of carbonyl (C=O) groups excluding carboxylic acids is 3. The van der Waals surface area contributed by atoms with Gasteiger partial charge < -0.3 is 14.8 Å². The van der Waals surface area contributed by atoms with Crippen LogP contribution in [0, 0.1) is 5.82 Å². The van der Waals surface area contributed by atoms with Gasteiger partial charge in [0.05, 0.1) is 26.8 Å². The Morgan fingerprint density at radius 2 is 1.69 bits per heavy atom. The first kappa shape index (κ1) is 25.9. The molecular formula is C24H30FN5O5. The van der Waals surface area contributed by atoms with Gasteiger partial charge in [-0.15, -0.1) is 0 Å². The lowest BCUT2D eigenvalue weighted by atomic mass is 10.2. The molecule has 0 bridgehead atoms. The van der Waals surface area contributed by atoms with E-state index < -0.39 is 17.8 Å². The van der Waals surface area contributed by atoms with Gasteiger partial charge in [0.2, 0.25) is 5.91 Å². The summed E-state index contributed by atoms with van der Waals surface area (Å²) in [6, 6.07) is 10.0. The Morgan fingerprint density at radius 1 is 0.971 bits per heavy atom. The van der Waals surface area contributed by atoms with E-state index in [1.54, 1.807) is 25.1 Å². The summed E-state index contributed by atoms with van der Waals surface area (Å²) in [7, 11) is 2.97. The molecule has 0 spiro atoms. The second-order valence-corrected chi connectivity index (χ2v) is 8.06. The van der Waals surface area contributed by atoms with Crippen molar-refractivity contribution in [3.05, 3.63) is 53.8 Å². The maximum absolute atomic E-state index is 13.3. The van der Waals surface area contributed by atoms with Crippen LogP contribution < -0.4 is 25.6 Å². The van der Waals surface area contributed by atoms with Crippen molar-refractivity contribution in [2.24, 2.45) is 0 Å². The Morgan fingerprint density at radius 3 is 2.34 bits per heavy atom. The molecule has 1 unspecified atom stereocenters. The van der Waals surface area contributed by atoms with Gasteiger partial charge in [-0.3, -0.25) is 35.0 Å². The van der Waals surface area contributed by atoms with Crippen LogP contribution in [0.1, 0.15) is 17.3 Å². The molecule has 1 fully saturated rings. The number of rotatable bonds is 8. The van der Waals surface area contributed by atoms with Gasteiger partial charge in [0.25, 0.3) is 11.8 Å². The van der Waals surface area contributed by atoms with Crippen LogP contribution in [0.4, 0.5) is 10.1 Å². The molecule has 3 amide bonds. The predicted molar refractivity (Wildman–Crippen MR) is 128 cm³/mol.